The predicted molar refractivity (Wildman–Crippen MR) is 82.1 cm³/mol. The van der Waals surface area contributed by atoms with E-state index in [0.717, 1.165) is 12.1 Å². The lowest BCUT2D eigenvalue weighted by atomic mass is 10.1. The van der Waals surface area contributed by atoms with Crippen LogP contribution in [0.2, 0.25) is 0 Å². The molecule has 21 heavy (non-hydrogen) atoms. The van der Waals surface area contributed by atoms with Gasteiger partial charge >= 0.3 is 0 Å². The number of aromatic amines is 1. The van der Waals surface area contributed by atoms with Crippen LogP contribution in [0.3, 0.4) is 0 Å². The van der Waals surface area contributed by atoms with Crippen molar-refractivity contribution in [3.63, 3.8) is 0 Å². The van der Waals surface area contributed by atoms with Crippen molar-refractivity contribution in [1.82, 2.24) is 10.3 Å². The normalized spacial score (nSPS) is 12.0. The van der Waals surface area contributed by atoms with Crippen LogP contribution in [0.4, 0.5) is 0 Å². The summed E-state index contributed by atoms with van der Waals surface area (Å²) in [6.07, 6.45) is 3.90. The number of nitrogens with one attached hydrogen (secondary N) is 2. The molecule has 1 atom stereocenters. The van der Waals surface area contributed by atoms with Gasteiger partial charge in [0.25, 0.3) is 0 Å². The summed E-state index contributed by atoms with van der Waals surface area (Å²) in [6.45, 7) is 2.90. The lowest BCUT2D eigenvalue weighted by Gasteiger charge is -2.18. The largest absolute Gasteiger partial charge is 0.493 e. The zero-order chi connectivity index (χ0) is 15.2. The first-order valence-electron chi connectivity index (χ1n) is 6.84. The van der Waals surface area contributed by atoms with E-state index < -0.39 is 0 Å². The Kier molecular flexibility index (Phi) is 5.11. The minimum Gasteiger partial charge on any atom is -0.493 e. The monoisotopic (exact) mass is 290 g/mol. The number of benzene rings is 1. The van der Waals surface area contributed by atoms with Gasteiger partial charge in [-0.15, -0.1) is 0 Å². The SMILES string of the molecule is COc1cc(C(C)NCc2cc[nH]c2)cc(OC)c1OC. The molecule has 0 fully saturated rings. The van der Waals surface area contributed by atoms with E-state index in [9.17, 15) is 0 Å². The molecule has 1 aromatic heterocycles. The molecule has 0 aliphatic heterocycles. The molecule has 0 saturated carbocycles. The van der Waals surface area contributed by atoms with E-state index in [2.05, 4.69) is 23.3 Å². The molecule has 0 radical (unpaired) electrons. The van der Waals surface area contributed by atoms with Crippen molar-refractivity contribution >= 4 is 0 Å². The number of methoxy groups -OCH3 is 3. The minimum atomic E-state index is 0.161. The number of ether oxygens (including phenoxy) is 3. The van der Waals surface area contributed by atoms with Gasteiger partial charge in [0.1, 0.15) is 0 Å². The highest BCUT2D eigenvalue weighted by Crippen LogP contribution is 2.39. The van der Waals surface area contributed by atoms with Crippen molar-refractivity contribution in [2.24, 2.45) is 0 Å². The Hall–Kier alpha value is -2.14. The second-order valence-electron chi connectivity index (χ2n) is 4.78. The smallest absolute Gasteiger partial charge is 0.203 e. The van der Waals surface area contributed by atoms with E-state index >= 15 is 0 Å². The van der Waals surface area contributed by atoms with Crippen LogP contribution in [0.15, 0.2) is 30.6 Å². The summed E-state index contributed by atoms with van der Waals surface area (Å²) in [5.74, 6) is 1.95. The first-order chi connectivity index (χ1) is 10.2. The molecule has 0 amide bonds. The van der Waals surface area contributed by atoms with Gasteiger partial charge in [0, 0.05) is 25.0 Å². The average molecular weight is 290 g/mol. The third kappa shape index (κ3) is 3.49. The van der Waals surface area contributed by atoms with Gasteiger partial charge in [-0.2, -0.15) is 0 Å². The molecule has 1 heterocycles. The molecule has 5 heteroatoms. The third-order valence-electron chi connectivity index (χ3n) is 3.46. The van der Waals surface area contributed by atoms with Crippen LogP contribution in [0.25, 0.3) is 0 Å². The van der Waals surface area contributed by atoms with Crippen molar-refractivity contribution in [2.45, 2.75) is 19.5 Å². The molecule has 5 nitrogen and oxygen atoms in total. The molecule has 0 aliphatic rings. The second-order valence-corrected chi connectivity index (χ2v) is 4.78. The Morgan fingerprint density at radius 3 is 2.24 bits per heavy atom. The van der Waals surface area contributed by atoms with E-state index in [4.69, 9.17) is 14.2 Å². The van der Waals surface area contributed by atoms with E-state index in [1.54, 1.807) is 21.3 Å². The van der Waals surface area contributed by atoms with Crippen LogP contribution >= 0.6 is 0 Å². The number of rotatable bonds is 7. The highest BCUT2D eigenvalue weighted by molar-refractivity contribution is 5.54. The van der Waals surface area contributed by atoms with Gasteiger partial charge in [-0.3, -0.25) is 0 Å². The van der Waals surface area contributed by atoms with Crippen LogP contribution in [-0.2, 0) is 6.54 Å². The van der Waals surface area contributed by atoms with E-state index in [1.807, 2.05) is 24.5 Å². The van der Waals surface area contributed by atoms with Crippen LogP contribution in [0.5, 0.6) is 17.2 Å². The maximum Gasteiger partial charge on any atom is 0.203 e. The summed E-state index contributed by atoms with van der Waals surface area (Å²) in [5.41, 5.74) is 2.30. The highest BCUT2D eigenvalue weighted by Gasteiger charge is 2.16. The molecule has 114 valence electrons. The molecule has 2 rings (SSSR count). The molecule has 2 aromatic rings. The first kappa shape index (κ1) is 15.3. The quantitative estimate of drug-likeness (QED) is 0.823. The van der Waals surface area contributed by atoms with Crippen molar-refractivity contribution in [1.29, 1.82) is 0 Å². The van der Waals surface area contributed by atoms with Gasteiger partial charge < -0.3 is 24.5 Å². The molecule has 0 aliphatic carbocycles. The molecular formula is C16H22N2O3. The lowest BCUT2D eigenvalue weighted by molar-refractivity contribution is 0.323. The standard InChI is InChI=1S/C16H22N2O3/c1-11(18-10-12-5-6-17-9-12)13-7-14(19-2)16(21-4)15(8-13)20-3/h5-9,11,17-18H,10H2,1-4H3. The molecule has 2 N–H and O–H groups in total. The molecule has 0 spiro atoms. The van der Waals surface area contributed by atoms with Crippen LogP contribution < -0.4 is 19.5 Å². The lowest BCUT2D eigenvalue weighted by Crippen LogP contribution is -2.18. The fourth-order valence-electron chi connectivity index (χ4n) is 2.21. The Labute approximate surface area is 125 Å². The zero-order valence-corrected chi connectivity index (χ0v) is 12.9. The molecular weight excluding hydrogens is 268 g/mol. The highest BCUT2D eigenvalue weighted by atomic mass is 16.5. The molecule has 0 saturated heterocycles. The van der Waals surface area contributed by atoms with E-state index in [1.165, 1.54) is 5.56 Å². The number of hydrogen-bond donors (Lipinski definition) is 2. The van der Waals surface area contributed by atoms with Crippen LogP contribution in [0.1, 0.15) is 24.1 Å². The maximum absolute atomic E-state index is 5.38. The Morgan fingerprint density at radius 2 is 1.76 bits per heavy atom. The van der Waals surface area contributed by atoms with Gasteiger partial charge in [0.05, 0.1) is 21.3 Å². The fraction of sp³-hybridized carbons (Fsp3) is 0.375. The maximum atomic E-state index is 5.38. The minimum absolute atomic E-state index is 0.161. The zero-order valence-electron chi connectivity index (χ0n) is 12.9. The topological polar surface area (TPSA) is 55.5 Å². The van der Waals surface area contributed by atoms with Gasteiger partial charge in [0.15, 0.2) is 11.5 Å². The summed E-state index contributed by atoms with van der Waals surface area (Å²) in [4.78, 5) is 3.05. The molecule has 1 unspecified atom stereocenters. The Balaban J connectivity index is 2.18. The summed E-state index contributed by atoms with van der Waals surface area (Å²) in [5, 5.41) is 3.47. The van der Waals surface area contributed by atoms with Crippen LogP contribution in [-0.4, -0.2) is 26.3 Å². The Bertz CT molecular complexity index is 542. The summed E-state index contributed by atoms with van der Waals surface area (Å²) >= 11 is 0. The van der Waals surface area contributed by atoms with Crippen molar-refractivity contribution < 1.29 is 14.2 Å². The number of H-pyrrole nitrogens is 1. The van der Waals surface area contributed by atoms with Gasteiger partial charge in [-0.05, 0) is 36.2 Å². The van der Waals surface area contributed by atoms with Gasteiger partial charge in [-0.25, -0.2) is 0 Å². The summed E-state index contributed by atoms with van der Waals surface area (Å²) in [6, 6.07) is 6.15. The second kappa shape index (κ2) is 7.04. The van der Waals surface area contributed by atoms with Gasteiger partial charge in [0.2, 0.25) is 5.75 Å². The van der Waals surface area contributed by atoms with Gasteiger partial charge in [-0.1, -0.05) is 0 Å². The Morgan fingerprint density at radius 1 is 1.10 bits per heavy atom. The third-order valence-corrected chi connectivity index (χ3v) is 3.46. The number of hydrogen-bond acceptors (Lipinski definition) is 4. The van der Waals surface area contributed by atoms with Crippen molar-refractivity contribution in [2.75, 3.05) is 21.3 Å². The van der Waals surface area contributed by atoms with Crippen molar-refractivity contribution in [3.05, 3.63) is 41.7 Å². The average Bonchev–Trinajstić information content (AvgIpc) is 3.04. The predicted octanol–water partition coefficient (Wildman–Crippen LogP) is 2.89. The molecule has 1 aromatic carbocycles. The molecule has 0 bridgehead atoms. The fourth-order valence-corrected chi connectivity index (χ4v) is 2.21. The number of aromatic nitrogens is 1. The van der Waals surface area contributed by atoms with E-state index in [0.29, 0.717) is 17.2 Å². The summed E-state index contributed by atoms with van der Waals surface area (Å²) in [7, 11) is 4.85. The van der Waals surface area contributed by atoms with Crippen LogP contribution in [0, 0.1) is 0 Å². The van der Waals surface area contributed by atoms with E-state index in [-0.39, 0.29) is 6.04 Å². The first-order valence-corrected chi connectivity index (χ1v) is 6.84. The summed E-state index contributed by atoms with van der Waals surface area (Å²) < 4.78 is 16.1. The van der Waals surface area contributed by atoms with Crippen molar-refractivity contribution in [3.8, 4) is 17.2 Å².